The molecule has 0 aliphatic carbocycles. The zero-order valence-electron chi connectivity index (χ0n) is 13.9. The summed E-state index contributed by atoms with van der Waals surface area (Å²) in [5.41, 5.74) is 2.22. The summed E-state index contributed by atoms with van der Waals surface area (Å²) >= 11 is 1.49. The fourth-order valence-corrected chi connectivity index (χ4v) is 3.60. The summed E-state index contributed by atoms with van der Waals surface area (Å²) in [7, 11) is 0. The minimum Gasteiger partial charge on any atom is -0.266 e. The monoisotopic (exact) mass is 356 g/mol. The van der Waals surface area contributed by atoms with E-state index in [1.807, 2.05) is 97.1 Å². The molecule has 0 N–H and O–H groups in total. The highest BCUT2D eigenvalue weighted by Gasteiger charge is 2.32. The third kappa shape index (κ3) is 3.46. The van der Waals surface area contributed by atoms with E-state index >= 15 is 0 Å². The Bertz CT molecular complexity index is 967. The van der Waals surface area contributed by atoms with E-state index in [0.717, 1.165) is 16.1 Å². The average Bonchev–Trinajstić information content (AvgIpc) is 2.99. The van der Waals surface area contributed by atoms with Crippen LogP contribution in [0.4, 0.5) is 5.69 Å². The summed E-state index contributed by atoms with van der Waals surface area (Å²) in [5.74, 6) is -0.113. The van der Waals surface area contributed by atoms with Crippen molar-refractivity contribution >= 4 is 34.6 Å². The summed E-state index contributed by atoms with van der Waals surface area (Å²) in [5, 5.41) is 0.662. The molecule has 0 unspecified atom stereocenters. The average molecular weight is 356 g/mol. The van der Waals surface area contributed by atoms with Crippen molar-refractivity contribution in [3.05, 3.63) is 102 Å². The van der Waals surface area contributed by atoms with Crippen molar-refractivity contribution in [2.45, 2.75) is 4.90 Å². The maximum absolute atomic E-state index is 13.0. The molecule has 3 aromatic carbocycles. The second-order valence-corrected chi connectivity index (χ2v) is 6.77. The van der Waals surface area contributed by atoms with Gasteiger partial charge >= 0.3 is 0 Å². The molecule has 4 rings (SSSR count). The van der Waals surface area contributed by atoms with E-state index in [9.17, 15) is 4.79 Å². The van der Waals surface area contributed by atoms with Crippen molar-refractivity contribution < 1.29 is 4.79 Å². The maximum Gasteiger partial charge on any atom is 0.283 e. The lowest BCUT2D eigenvalue weighted by Crippen LogP contribution is -2.30. The number of rotatable bonds is 3. The van der Waals surface area contributed by atoms with Crippen molar-refractivity contribution in [1.82, 2.24) is 0 Å². The number of aliphatic imine (C=N–C) groups is 1. The highest BCUT2D eigenvalue weighted by atomic mass is 32.2. The Morgan fingerprint density at radius 2 is 1.35 bits per heavy atom. The highest BCUT2D eigenvalue weighted by molar-refractivity contribution is 8.14. The van der Waals surface area contributed by atoms with Crippen LogP contribution in [0.15, 0.2) is 107 Å². The molecule has 3 aromatic rings. The molecule has 4 heteroatoms. The lowest BCUT2D eigenvalue weighted by Gasteiger charge is -2.17. The Hall–Kier alpha value is -3.11. The van der Waals surface area contributed by atoms with Gasteiger partial charge in [-0.15, -0.1) is 0 Å². The number of para-hydroxylation sites is 1. The molecule has 0 saturated carbocycles. The lowest BCUT2D eigenvalue weighted by molar-refractivity contribution is -0.113. The number of hydrogen-bond donors (Lipinski definition) is 0. The van der Waals surface area contributed by atoms with Crippen LogP contribution in [0.1, 0.15) is 5.56 Å². The first-order valence-corrected chi connectivity index (χ1v) is 9.11. The van der Waals surface area contributed by atoms with E-state index in [4.69, 9.17) is 0 Å². The van der Waals surface area contributed by atoms with E-state index in [0.29, 0.717) is 10.9 Å². The highest BCUT2D eigenvalue weighted by Crippen LogP contribution is 2.32. The summed E-state index contributed by atoms with van der Waals surface area (Å²) < 4.78 is 0. The van der Waals surface area contributed by atoms with Crippen molar-refractivity contribution in [2.75, 3.05) is 4.90 Å². The van der Waals surface area contributed by atoms with Crippen LogP contribution in [0.5, 0.6) is 0 Å². The first-order chi connectivity index (χ1) is 12.8. The smallest absolute Gasteiger partial charge is 0.266 e. The van der Waals surface area contributed by atoms with Gasteiger partial charge in [-0.1, -0.05) is 78.5 Å². The number of carbonyl (C=O) groups excluding carboxylic acids is 1. The number of nitrogens with zero attached hydrogens (tertiary/aromatic N) is 2. The number of carbonyl (C=O) groups is 1. The van der Waals surface area contributed by atoms with Crippen LogP contribution in [-0.4, -0.2) is 11.1 Å². The van der Waals surface area contributed by atoms with Crippen LogP contribution in [0.2, 0.25) is 0 Å². The lowest BCUT2D eigenvalue weighted by atomic mass is 10.2. The fraction of sp³-hybridized carbons (Fsp3) is 0. The van der Waals surface area contributed by atoms with Gasteiger partial charge < -0.3 is 0 Å². The van der Waals surface area contributed by atoms with Crippen LogP contribution >= 0.6 is 11.8 Å². The molecule has 0 radical (unpaired) electrons. The second kappa shape index (κ2) is 7.42. The van der Waals surface area contributed by atoms with Crippen LogP contribution in [0.25, 0.3) is 6.08 Å². The molecule has 1 amide bonds. The number of amides is 1. The first-order valence-electron chi connectivity index (χ1n) is 8.29. The number of benzene rings is 3. The summed E-state index contributed by atoms with van der Waals surface area (Å²) in [6.45, 7) is 0. The zero-order chi connectivity index (χ0) is 17.8. The molecule has 0 aromatic heterocycles. The number of anilines is 1. The van der Waals surface area contributed by atoms with Crippen molar-refractivity contribution in [2.24, 2.45) is 4.99 Å². The van der Waals surface area contributed by atoms with Gasteiger partial charge in [0.15, 0.2) is 5.17 Å². The van der Waals surface area contributed by atoms with Crippen LogP contribution in [-0.2, 0) is 4.79 Å². The molecular weight excluding hydrogens is 340 g/mol. The standard InChI is InChI=1S/C22H16N2OS/c25-21-20(16-17-10-4-1-5-11-17)23-22(26-19-14-8-3-9-15-19)24(21)18-12-6-2-7-13-18/h1-16H/b20-16-. The van der Waals surface area contributed by atoms with Crippen LogP contribution in [0.3, 0.4) is 0 Å². The minimum atomic E-state index is -0.113. The molecule has 0 bridgehead atoms. The molecule has 1 heterocycles. The second-order valence-electron chi connectivity index (χ2n) is 5.73. The van der Waals surface area contributed by atoms with Gasteiger partial charge in [-0.2, -0.15) is 0 Å². The van der Waals surface area contributed by atoms with Gasteiger partial charge in [-0.05, 0) is 35.9 Å². The summed E-state index contributed by atoms with van der Waals surface area (Å²) in [6.07, 6.45) is 1.83. The summed E-state index contributed by atoms with van der Waals surface area (Å²) in [4.78, 5) is 20.4. The Balaban J connectivity index is 1.74. The summed E-state index contributed by atoms with van der Waals surface area (Å²) in [6, 6.07) is 29.4. The fourth-order valence-electron chi connectivity index (χ4n) is 2.67. The van der Waals surface area contributed by atoms with Crippen molar-refractivity contribution in [3.63, 3.8) is 0 Å². The molecular formula is C22H16N2OS. The molecule has 126 valence electrons. The van der Waals surface area contributed by atoms with E-state index in [1.54, 1.807) is 4.90 Å². The number of amidine groups is 1. The number of thioether (sulfide) groups is 1. The Kier molecular flexibility index (Phi) is 4.67. The third-order valence-electron chi connectivity index (χ3n) is 3.90. The maximum atomic E-state index is 13.0. The molecule has 0 fully saturated rings. The molecule has 26 heavy (non-hydrogen) atoms. The molecule has 0 spiro atoms. The van der Waals surface area contributed by atoms with E-state index < -0.39 is 0 Å². The molecule has 0 atom stereocenters. The zero-order valence-corrected chi connectivity index (χ0v) is 14.8. The molecule has 0 saturated heterocycles. The quantitative estimate of drug-likeness (QED) is 0.603. The van der Waals surface area contributed by atoms with E-state index in [1.165, 1.54) is 11.8 Å². The Morgan fingerprint density at radius 3 is 2.00 bits per heavy atom. The molecule has 1 aliphatic rings. The van der Waals surface area contributed by atoms with Gasteiger partial charge in [0.25, 0.3) is 5.91 Å². The van der Waals surface area contributed by atoms with Gasteiger partial charge in [0.1, 0.15) is 5.70 Å². The van der Waals surface area contributed by atoms with E-state index in [-0.39, 0.29) is 5.91 Å². The molecule has 3 nitrogen and oxygen atoms in total. The predicted octanol–water partition coefficient (Wildman–Crippen LogP) is 5.22. The van der Waals surface area contributed by atoms with Crippen LogP contribution in [0, 0.1) is 0 Å². The Labute approximate surface area is 156 Å². The van der Waals surface area contributed by atoms with E-state index in [2.05, 4.69) is 4.99 Å². The number of hydrogen-bond acceptors (Lipinski definition) is 3. The van der Waals surface area contributed by atoms with Crippen LogP contribution < -0.4 is 4.90 Å². The molecule has 1 aliphatic heterocycles. The topological polar surface area (TPSA) is 32.7 Å². The van der Waals surface area contributed by atoms with Gasteiger partial charge in [0.2, 0.25) is 0 Å². The SMILES string of the molecule is O=C1/C(=C/c2ccccc2)N=C(Sc2ccccc2)N1c1ccccc1. The first kappa shape index (κ1) is 16.4. The van der Waals surface area contributed by atoms with Gasteiger partial charge in [-0.25, -0.2) is 4.99 Å². The van der Waals surface area contributed by atoms with Gasteiger partial charge in [-0.3, -0.25) is 9.69 Å². The largest absolute Gasteiger partial charge is 0.283 e. The van der Waals surface area contributed by atoms with Gasteiger partial charge in [0.05, 0.1) is 5.69 Å². The predicted molar refractivity (Wildman–Crippen MR) is 108 cm³/mol. The van der Waals surface area contributed by atoms with Crippen molar-refractivity contribution in [1.29, 1.82) is 0 Å². The Morgan fingerprint density at radius 1 is 0.769 bits per heavy atom. The third-order valence-corrected chi connectivity index (χ3v) is 4.86. The van der Waals surface area contributed by atoms with Gasteiger partial charge in [0, 0.05) is 4.90 Å². The minimum absolute atomic E-state index is 0.113. The van der Waals surface area contributed by atoms with Crippen molar-refractivity contribution in [3.8, 4) is 0 Å². The normalized spacial score (nSPS) is 15.4.